The van der Waals surface area contributed by atoms with Crippen molar-refractivity contribution in [3.63, 3.8) is 0 Å². The van der Waals surface area contributed by atoms with Crippen LogP contribution in [-0.4, -0.2) is 36.2 Å². The van der Waals surface area contributed by atoms with Gasteiger partial charge in [-0.2, -0.15) is 0 Å². The zero-order valence-corrected chi connectivity index (χ0v) is 19.3. The van der Waals surface area contributed by atoms with E-state index in [0.29, 0.717) is 16.8 Å². The Hall–Kier alpha value is -4.26. The average molecular weight is 459 g/mol. The minimum Gasteiger partial charge on any atom is -0.449 e. The molecule has 0 aliphatic heterocycles. The second-order valence-corrected chi connectivity index (χ2v) is 7.85. The molecule has 0 fully saturated rings. The van der Waals surface area contributed by atoms with Crippen LogP contribution in [0.1, 0.15) is 44.3 Å². The van der Waals surface area contributed by atoms with Gasteiger partial charge in [-0.1, -0.05) is 60.7 Å². The summed E-state index contributed by atoms with van der Waals surface area (Å²) in [6.45, 7) is 4.92. The molecule has 0 heterocycles. The molecule has 1 atom stereocenters. The smallest absolute Gasteiger partial charge is 0.338 e. The Morgan fingerprint density at radius 2 is 1.32 bits per heavy atom. The van der Waals surface area contributed by atoms with Crippen molar-refractivity contribution < 1.29 is 23.9 Å². The molecule has 3 aromatic carbocycles. The number of benzene rings is 3. The first-order valence-electron chi connectivity index (χ1n) is 10.8. The molecule has 0 aliphatic carbocycles. The number of ketones is 1. The van der Waals surface area contributed by atoms with Gasteiger partial charge in [-0.3, -0.25) is 14.4 Å². The summed E-state index contributed by atoms with van der Waals surface area (Å²) in [5.41, 5.74) is 3.72. The molecule has 7 heteroatoms. The van der Waals surface area contributed by atoms with Crippen LogP contribution in [0.3, 0.4) is 0 Å². The first kappa shape index (κ1) is 24.4. The van der Waals surface area contributed by atoms with E-state index in [1.165, 1.54) is 31.2 Å². The number of anilines is 1. The predicted octanol–water partition coefficient (Wildman–Crippen LogP) is 3.83. The maximum atomic E-state index is 12.5. The van der Waals surface area contributed by atoms with Crippen molar-refractivity contribution in [3.8, 4) is 0 Å². The molecule has 34 heavy (non-hydrogen) atoms. The molecule has 2 N–H and O–H groups in total. The summed E-state index contributed by atoms with van der Waals surface area (Å²) in [6, 6.07) is 20.5. The lowest BCUT2D eigenvalue weighted by molar-refractivity contribution is -0.130. The quantitative estimate of drug-likeness (QED) is 0.395. The largest absolute Gasteiger partial charge is 0.449 e. The van der Waals surface area contributed by atoms with Crippen LogP contribution < -0.4 is 10.6 Å². The molecule has 2 amide bonds. The van der Waals surface area contributed by atoms with Gasteiger partial charge in [0, 0.05) is 16.8 Å². The number of hydrogen-bond donors (Lipinski definition) is 2. The van der Waals surface area contributed by atoms with Crippen molar-refractivity contribution in [2.24, 2.45) is 0 Å². The normalized spacial score (nSPS) is 11.3. The number of carbonyl (C=O) groups is 4. The monoisotopic (exact) mass is 458 g/mol. The van der Waals surface area contributed by atoms with Crippen LogP contribution >= 0.6 is 0 Å². The number of rotatable bonds is 8. The summed E-state index contributed by atoms with van der Waals surface area (Å²) in [5, 5.41) is 5.24. The Labute approximate surface area is 198 Å². The third kappa shape index (κ3) is 6.16. The predicted molar refractivity (Wildman–Crippen MR) is 129 cm³/mol. The highest BCUT2D eigenvalue weighted by Crippen LogP contribution is 2.19. The van der Waals surface area contributed by atoms with E-state index in [-0.39, 0.29) is 23.8 Å². The first-order chi connectivity index (χ1) is 16.3. The number of hydrogen-bond acceptors (Lipinski definition) is 5. The van der Waals surface area contributed by atoms with E-state index in [0.717, 1.165) is 11.1 Å². The minimum atomic E-state index is -1.11. The summed E-state index contributed by atoms with van der Waals surface area (Å²) in [6.07, 6.45) is -1.11. The molecule has 174 valence electrons. The van der Waals surface area contributed by atoms with E-state index in [1.807, 2.05) is 38.1 Å². The fraction of sp³-hybridized carbons (Fsp3) is 0.185. The van der Waals surface area contributed by atoms with E-state index in [4.69, 9.17) is 4.74 Å². The van der Waals surface area contributed by atoms with E-state index < -0.39 is 18.0 Å². The third-order valence-corrected chi connectivity index (χ3v) is 5.24. The van der Waals surface area contributed by atoms with Gasteiger partial charge >= 0.3 is 5.97 Å². The minimum absolute atomic E-state index is 0.160. The average Bonchev–Trinajstić information content (AvgIpc) is 2.85. The van der Waals surface area contributed by atoms with E-state index in [1.54, 1.807) is 24.3 Å². The van der Waals surface area contributed by atoms with Crippen LogP contribution in [0.5, 0.6) is 0 Å². The van der Waals surface area contributed by atoms with Gasteiger partial charge in [-0.25, -0.2) is 4.79 Å². The van der Waals surface area contributed by atoms with Crippen molar-refractivity contribution in [2.75, 3.05) is 11.9 Å². The maximum absolute atomic E-state index is 12.5. The van der Waals surface area contributed by atoms with Crippen molar-refractivity contribution in [2.45, 2.75) is 26.9 Å². The van der Waals surface area contributed by atoms with Gasteiger partial charge in [0.15, 0.2) is 11.9 Å². The van der Waals surface area contributed by atoms with Gasteiger partial charge in [-0.15, -0.1) is 0 Å². The molecule has 3 aromatic rings. The molecule has 0 unspecified atom stereocenters. The molecule has 0 radical (unpaired) electrons. The topological polar surface area (TPSA) is 102 Å². The van der Waals surface area contributed by atoms with Gasteiger partial charge in [0.25, 0.3) is 5.91 Å². The van der Waals surface area contributed by atoms with Crippen molar-refractivity contribution in [3.05, 3.63) is 101 Å². The second-order valence-electron chi connectivity index (χ2n) is 7.85. The molecule has 0 aromatic heterocycles. The Kier molecular flexibility index (Phi) is 7.92. The number of amides is 2. The number of para-hydroxylation sites is 1. The Bertz CT molecular complexity index is 1180. The van der Waals surface area contributed by atoms with Crippen molar-refractivity contribution in [1.82, 2.24) is 5.32 Å². The summed E-state index contributed by atoms with van der Waals surface area (Å²) in [4.78, 5) is 49.4. The molecule has 7 nitrogen and oxygen atoms in total. The summed E-state index contributed by atoms with van der Waals surface area (Å²) in [7, 11) is 0. The Morgan fingerprint density at radius 1 is 0.765 bits per heavy atom. The Morgan fingerprint density at radius 3 is 1.94 bits per heavy atom. The highest BCUT2D eigenvalue weighted by atomic mass is 16.5. The maximum Gasteiger partial charge on any atom is 0.338 e. The fourth-order valence-electron chi connectivity index (χ4n) is 3.30. The van der Waals surface area contributed by atoms with Gasteiger partial charge in [0.1, 0.15) is 0 Å². The first-order valence-corrected chi connectivity index (χ1v) is 10.8. The van der Waals surface area contributed by atoms with Crippen LogP contribution in [0, 0.1) is 13.8 Å². The highest BCUT2D eigenvalue weighted by molar-refractivity contribution is 6.09. The number of esters is 1. The lowest BCUT2D eigenvalue weighted by atomic mass is 10.0. The standard InChI is InChI=1S/C27H26N2O5/c1-17-8-7-9-18(2)24(17)29-23(30)16-28-26(32)19(3)34-27(33)22-14-12-21(13-15-22)25(31)20-10-5-4-6-11-20/h4-15,19H,16H2,1-3H3,(H,28,32)(H,29,30)/t19-/m1/s1. The fourth-order valence-corrected chi connectivity index (χ4v) is 3.30. The number of nitrogens with one attached hydrogen (secondary N) is 2. The van der Waals surface area contributed by atoms with Crippen LogP contribution in [-0.2, 0) is 14.3 Å². The van der Waals surface area contributed by atoms with Crippen molar-refractivity contribution >= 4 is 29.3 Å². The zero-order chi connectivity index (χ0) is 24.7. The van der Waals surface area contributed by atoms with Gasteiger partial charge in [0.05, 0.1) is 12.1 Å². The lowest BCUT2D eigenvalue weighted by Crippen LogP contribution is -2.40. The van der Waals surface area contributed by atoms with E-state index in [9.17, 15) is 19.2 Å². The summed E-state index contributed by atoms with van der Waals surface area (Å²) < 4.78 is 5.20. The van der Waals surface area contributed by atoms with E-state index >= 15 is 0 Å². The van der Waals surface area contributed by atoms with E-state index in [2.05, 4.69) is 10.6 Å². The van der Waals surface area contributed by atoms with Crippen LogP contribution in [0.4, 0.5) is 5.69 Å². The lowest BCUT2D eigenvalue weighted by Gasteiger charge is -2.15. The number of carbonyl (C=O) groups excluding carboxylic acids is 4. The molecule has 3 rings (SSSR count). The summed E-state index contributed by atoms with van der Waals surface area (Å²) >= 11 is 0. The molecule has 0 saturated heterocycles. The van der Waals surface area contributed by atoms with Gasteiger partial charge in [0.2, 0.25) is 5.91 Å². The van der Waals surface area contributed by atoms with Gasteiger partial charge in [-0.05, 0) is 44.0 Å². The number of aryl methyl sites for hydroxylation is 2. The van der Waals surface area contributed by atoms with Crippen LogP contribution in [0.2, 0.25) is 0 Å². The molecule has 0 aliphatic rings. The number of ether oxygens (including phenoxy) is 1. The van der Waals surface area contributed by atoms with Crippen molar-refractivity contribution in [1.29, 1.82) is 0 Å². The molecular weight excluding hydrogens is 432 g/mol. The second kappa shape index (κ2) is 11.0. The van der Waals surface area contributed by atoms with Crippen LogP contribution in [0.25, 0.3) is 0 Å². The highest BCUT2D eigenvalue weighted by Gasteiger charge is 2.20. The molecule has 0 saturated carbocycles. The third-order valence-electron chi connectivity index (χ3n) is 5.24. The SMILES string of the molecule is Cc1cccc(C)c1NC(=O)CNC(=O)[C@@H](C)OC(=O)c1ccc(C(=O)c2ccccc2)cc1. The molecule has 0 bridgehead atoms. The van der Waals surface area contributed by atoms with Gasteiger partial charge < -0.3 is 15.4 Å². The molecule has 0 spiro atoms. The van der Waals surface area contributed by atoms with Crippen LogP contribution in [0.15, 0.2) is 72.8 Å². The summed E-state index contributed by atoms with van der Waals surface area (Å²) in [5.74, 6) is -1.85. The molecular formula is C27H26N2O5. The zero-order valence-electron chi connectivity index (χ0n) is 19.3. The Balaban J connectivity index is 1.51.